The summed E-state index contributed by atoms with van der Waals surface area (Å²) in [5.41, 5.74) is 1.68. The van der Waals surface area contributed by atoms with Crippen molar-refractivity contribution in [1.29, 1.82) is 0 Å². The molecule has 1 unspecified atom stereocenters. The molecule has 0 aliphatic rings. The van der Waals surface area contributed by atoms with Crippen LogP contribution in [0.25, 0.3) is 0 Å². The van der Waals surface area contributed by atoms with Gasteiger partial charge in [0.05, 0.1) is 13.2 Å². The second kappa shape index (κ2) is 6.39. The number of methoxy groups -OCH3 is 1. The quantitative estimate of drug-likeness (QED) is 0.910. The van der Waals surface area contributed by atoms with Gasteiger partial charge in [0.2, 0.25) is 0 Å². The second-order valence-electron chi connectivity index (χ2n) is 4.65. The summed E-state index contributed by atoms with van der Waals surface area (Å²) in [6, 6.07) is 13.5. The lowest BCUT2D eigenvalue weighted by Gasteiger charge is -2.23. The first-order valence-corrected chi connectivity index (χ1v) is 6.39. The summed E-state index contributed by atoms with van der Waals surface area (Å²) in [7, 11) is 3.47. The summed E-state index contributed by atoms with van der Waals surface area (Å²) in [6.07, 6.45) is -0.615. The normalized spacial score (nSPS) is 12.0. The van der Waals surface area contributed by atoms with Crippen LogP contribution in [0.5, 0.6) is 5.75 Å². The number of aliphatic hydroxyl groups is 1. The number of anilines is 1. The van der Waals surface area contributed by atoms with Crippen molar-refractivity contribution in [3.8, 4) is 5.75 Å². The Bertz CT molecular complexity index is 539. The topological polar surface area (TPSA) is 32.7 Å². The summed E-state index contributed by atoms with van der Waals surface area (Å²) in [5, 5.41) is 10.2. The van der Waals surface area contributed by atoms with Gasteiger partial charge >= 0.3 is 0 Å². The number of hydrogen-bond donors (Lipinski definition) is 1. The van der Waals surface area contributed by atoms with Crippen molar-refractivity contribution in [2.75, 3.05) is 25.6 Å². The fourth-order valence-electron chi connectivity index (χ4n) is 1.99. The van der Waals surface area contributed by atoms with Gasteiger partial charge in [0.15, 0.2) is 0 Å². The van der Waals surface area contributed by atoms with Crippen molar-refractivity contribution in [2.45, 2.75) is 6.10 Å². The number of halogens is 1. The number of ether oxygens (including phenoxy) is 1. The molecule has 3 nitrogen and oxygen atoms in total. The van der Waals surface area contributed by atoms with Gasteiger partial charge in [0.25, 0.3) is 0 Å². The van der Waals surface area contributed by atoms with Crippen molar-refractivity contribution in [3.63, 3.8) is 0 Å². The van der Waals surface area contributed by atoms with Crippen molar-refractivity contribution < 1.29 is 14.2 Å². The van der Waals surface area contributed by atoms with Crippen LogP contribution < -0.4 is 9.64 Å². The summed E-state index contributed by atoms with van der Waals surface area (Å²) in [4.78, 5) is 1.88. The van der Waals surface area contributed by atoms with Gasteiger partial charge in [-0.25, -0.2) is 4.39 Å². The molecule has 0 bridgehead atoms. The Kier molecular flexibility index (Phi) is 4.58. The Balaban J connectivity index is 2.02. The number of nitrogens with zero attached hydrogens (tertiary/aromatic N) is 1. The first-order valence-electron chi connectivity index (χ1n) is 6.39. The number of aliphatic hydroxyl groups excluding tert-OH is 1. The average Bonchev–Trinajstić information content (AvgIpc) is 2.48. The molecule has 0 amide bonds. The highest BCUT2D eigenvalue weighted by Crippen LogP contribution is 2.21. The Hall–Kier alpha value is -2.07. The van der Waals surface area contributed by atoms with Gasteiger partial charge in [-0.1, -0.05) is 12.1 Å². The molecule has 20 heavy (non-hydrogen) atoms. The Morgan fingerprint density at radius 3 is 2.25 bits per heavy atom. The van der Waals surface area contributed by atoms with Crippen LogP contribution >= 0.6 is 0 Å². The first kappa shape index (κ1) is 14.3. The van der Waals surface area contributed by atoms with Crippen LogP contribution in [-0.2, 0) is 0 Å². The zero-order chi connectivity index (χ0) is 14.5. The molecule has 4 heteroatoms. The van der Waals surface area contributed by atoms with Gasteiger partial charge in [0, 0.05) is 19.3 Å². The van der Waals surface area contributed by atoms with Gasteiger partial charge in [-0.2, -0.15) is 0 Å². The fraction of sp³-hybridized carbons (Fsp3) is 0.250. The number of likely N-dealkylation sites (N-methyl/N-ethyl adjacent to an activating group) is 1. The molecular formula is C16H18FNO2. The third kappa shape index (κ3) is 3.48. The van der Waals surface area contributed by atoms with E-state index in [1.807, 2.05) is 36.2 Å². The molecule has 0 aromatic heterocycles. The molecule has 0 saturated heterocycles. The predicted octanol–water partition coefficient (Wildman–Crippen LogP) is 3.00. The number of rotatable bonds is 5. The molecule has 0 radical (unpaired) electrons. The molecule has 0 heterocycles. The van der Waals surface area contributed by atoms with E-state index in [1.165, 1.54) is 12.1 Å². The number of benzene rings is 2. The summed E-state index contributed by atoms with van der Waals surface area (Å²) in [6.45, 7) is 0.429. The standard InChI is InChI=1S/C16H18FNO2/c1-18(14-7-5-13(17)6-8-14)11-16(19)12-3-9-15(20-2)10-4-12/h3-10,16,19H,11H2,1-2H3. The van der Waals surface area contributed by atoms with Gasteiger partial charge in [-0.15, -0.1) is 0 Å². The van der Waals surface area contributed by atoms with E-state index in [1.54, 1.807) is 19.2 Å². The minimum Gasteiger partial charge on any atom is -0.497 e. The van der Waals surface area contributed by atoms with E-state index in [2.05, 4.69) is 0 Å². The minimum absolute atomic E-state index is 0.266. The zero-order valence-corrected chi connectivity index (χ0v) is 11.6. The molecule has 0 saturated carbocycles. The van der Waals surface area contributed by atoms with Crippen molar-refractivity contribution >= 4 is 5.69 Å². The second-order valence-corrected chi connectivity index (χ2v) is 4.65. The van der Waals surface area contributed by atoms with E-state index in [-0.39, 0.29) is 5.82 Å². The molecule has 1 atom stereocenters. The lowest BCUT2D eigenvalue weighted by atomic mass is 10.1. The van der Waals surface area contributed by atoms with Gasteiger partial charge in [0.1, 0.15) is 11.6 Å². The predicted molar refractivity (Wildman–Crippen MR) is 77.6 cm³/mol. The maximum absolute atomic E-state index is 12.9. The van der Waals surface area contributed by atoms with Crippen LogP contribution in [0.3, 0.4) is 0 Å². The smallest absolute Gasteiger partial charge is 0.123 e. The molecule has 1 N–H and O–H groups in total. The Morgan fingerprint density at radius 1 is 1.10 bits per heavy atom. The number of hydrogen-bond acceptors (Lipinski definition) is 3. The Labute approximate surface area is 118 Å². The van der Waals surface area contributed by atoms with Crippen molar-refractivity contribution in [3.05, 3.63) is 59.9 Å². The van der Waals surface area contributed by atoms with E-state index in [9.17, 15) is 9.50 Å². The molecule has 0 aliphatic carbocycles. The highest BCUT2D eigenvalue weighted by molar-refractivity contribution is 5.45. The molecule has 0 spiro atoms. The van der Waals surface area contributed by atoms with Crippen LogP contribution in [0.2, 0.25) is 0 Å². The maximum Gasteiger partial charge on any atom is 0.123 e. The van der Waals surface area contributed by atoms with Crippen LogP contribution in [-0.4, -0.2) is 25.8 Å². The highest BCUT2D eigenvalue weighted by atomic mass is 19.1. The van der Waals surface area contributed by atoms with Gasteiger partial charge < -0.3 is 14.7 Å². The Morgan fingerprint density at radius 2 is 1.70 bits per heavy atom. The molecule has 0 aliphatic heterocycles. The van der Waals surface area contributed by atoms with Crippen molar-refractivity contribution in [1.82, 2.24) is 0 Å². The van der Waals surface area contributed by atoms with Crippen LogP contribution in [0, 0.1) is 5.82 Å². The SMILES string of the molecule is COc1ccc(C(O)CN(C)c2ccc(F)cc2)cc1. The molecule has 2 aromatic carbocycles. The summed E-state index contributed by atoms with van der Waals surface area (Å²) >= 11 is 0. The van der Waals surface area contributed by atoms with E-state index >= 15 is 0 Å². The zero-order valence-electron chi connectivity index (χ0n) is 11.6. The van der Waals surface area contributed by atoms with E-state index in [0.717, 1.165) is 17.0 Å². The molecule has 2 rings (SSSR count). The monoisotopic (exact) mass is 275 g/mol. The minimum atomic E-state index is -0.615. The molecular weight excluding hydrogens is 257 g/mol. The fourth-order valence-corrected chi connectivity index (χ4v) is 1.99. The van der Waals surface area contributed by atoms with Gasteiger partial charge in [-0.3, -0.25) is 0 Å². The third-order valence-corrected chi connectivity index (χ3v) is 3.21. The van der Waals surface area contributed by atoms with E-state index in [4.69, 9.17) is 4.74 Å². The lowest BCUT2D eigenvalue weighted by Crippen LogP contribution is -2.24. The van der Waals surface area contributed by atoms with Crippen LogP contribution in [0.15, 0.2) is 48.5 Å². The molecule has 0 fully saturated rings. The lowest BCUT2D eigenvalue weighted by molar-refractivity contribution is 0.185. The van der Waals surface area contributed by atoms with Crippen LogP contribution in [0.4, 0.5) is 10.1 Å². The van der Waals surface area contributed by atoms with E-state index < -0.39 is 6.10 Å². The van der Waals surface area contributed by atoms with E-state index in [0.29, 0.717) is 6.54 Å². The summed E-state index contributed by atoms with van der Waals surface area (Å²) in [5.74, 6) is 0.491. The molecule has 2 aromatic rings. The first-order chi connectivity index (χ1) is 9.60. The van der Waals surface area contributed by atoms with Crippen LogP contribution in [0.1, 0.15) is 11.7 Å². The molecule has 106 valence electrons. The maximum atomic E-state index is 12.9. The largest absolute Gasteiger partial charge is 0.497 e. The highest BCUT2D eigenvalue weighted by Gasteiger charge is 2.11. The van der Waals surface area contributed by atoms with Gasteiger partial charge in [-0.05, 0) is 42.0 Å². The summed E-state index contributed by atoms with van der Waals surface area (Å²) < 4.78 is 18.0. The third-order valence-electron chi connectivity index (χ3n) is 3.21. The van der Waals surface area contributed by atoms with Crippen molar-refractivity contribution in [2.24, 2.45) is 0 Å². The average molecular weight is 275 g/mol.